The topological polar surface area (TPSA) is 58.6 Å². The fourth-order valence-corrected chi connectivity index (χ4v) is 4.15. The van der Waals surface area contributed by atoms with Crippen LogP contribution < -0.4 is 10.1 Å². The molecule has 1 saturated heterocycles. The number of thioether (sulfide) groups is 1. The Bertz CT molecular complexity index is 999. The Labute approximate surface area is 185 Å². The van der Waals surface area contributed by atoms with E-state index in [9.17, 15) is 9.59 Å². The highest BCUT2D eigenvalue weighted by molar-refractivity contribution is 8.26. The number of benzene rings is 2. The molecule has 1 aliphatic rings. The molecule has 2 amide bonds. The predicted molar refractivity (Wildman–Crippen MR) is 126 cm³/mol. The first kappa shape index (κ1) is 21.8. The van der Waals surface area contributed by atoms with Gasteiger partial charge in [0.05, 0.1) is 11.5 Å². The summed E-state index contributed by atoms with van der Waals surface area (Å²) in [6.45, 7) is 4.29. The van der Waals surface area contributed by atoms with E-state index in [1.807, 2.05) is 50.3 Å². The highest BCUT2D eigenvalue weighted by Gasteiger charge is 2.33. The molecule has 1 aliphatic heterocycles. The Kier molecular flexibility index (Phi) is 7.43. The third-order valence-electron chi connectivity index (χ3n) is 4.18. The highest BCUT2D eigenvalue weighted by Crippen LogP contribution is 2.32. The van der Waals surface area contributed by atoms with Crippen molar-refractivity contribution in [2.75, 3.05) is 18.5 Å². The number of ether oxygens (including phenoxy) is 1. The van der Waals surface area contributed by atoms with Gasteiger partial charge in [0, 0.05) is 5.69 Å². The van der Waals surface area contributed by atoms with Crippen molar-refractivity contribution in [3.05, 3.63) is 76.7 Å². The summed E-state index contributed by atoms with van der Waals surface area (Å²) >= 11 is 6.53. The molecule has 0 bridgehead atoms. The van der Waals surface area contributed by atoms with E-state index in [2.05, 4.69) is 5.32 Å². The van der Waals surface area contributed by atoms with E-state index >= 15 is 0 Å². The summed E-state index contributed by atoms with van der Waals surface area (Å²) in [5.41, 5.74) is 2.61. The number of amides is 2. The number of nitrogens with one attached hydrogen (secondary N) is 1. The molecule has 30 heavy (non-hydrogen) atoms. The molecule has 0 aromatic heterocycles. The third kappa shape index (κ3) is 5.81. The molecule has 0 radical (unpaired) electrons. The Morgan fingerprint density at radius 3 is 2.53 bits per heavy atom. The van der Waals surface area contributed by atoms with E-state index in [0.29, 0.717) is 21.5 Å². The minimum atomic E-state index is -0.312. The van der Waals surface area contributed by atoms with Crippen LogP contribution in [0.25, 0.3) is 6.08 Å². The van der Waals surface area contributed by atoms with Crippen molar-refractivity contribution in [3.63, 3.8) is 0 Å². The summed E-state index contributed by atoms with van der Waals surface area (Å²) in [6, 6.07) is 16.9. The van der Waals surface area contributed by atoms with Crippen LogP contribution in [-0.4, -0.2) is 34.2 Å². The quantitative estimate of drug-likeness (QED) is 0.494. The second-order valence-corrected chi connectivity index (χ2v) is 8.25. The molecule has 7 heteroatoms. The fraction of sp³-hybridized carbons (Fsp3) is 0.174. The maximum absolute atomic E-state index is 12.7. The van der Waals surface area contributed by atoms with Crippen LogP contribution >= 0.6 is 24.0 Å². The largest absolute Gasteiger partial charge is 0.494 e. The average molecular weight is 439 g/mol. The van der Waals surface area contributed by atoms with Crippen LogP contribution in [-0.2, 0) is 9.59 Å². The van der Waals surface area contributed by atoms with E-state index in [0.717, 1.165) is 16.9 Å². The summed E-state index contributed by atoms with van der Waals surface area (Å²) in [5.74, 6) is 0.164. The first-order valence-electron chi connectivity index (χ1n) is 9.47. The van der Waals surface area contributed by atoms with Crippen LogP contribution in [0.4, 0.5) is 5.69 Å². The molecule has 0 aliphatic carbocycles. The van der Waals surface area contributed by atoms with Crippen molar-refractivity contribution < 1.29 is 14.3 Å². The van der Waals surface area contributed by atoms with Crippen LogP contribution in [0.15, 0.2) is 71.2 Å². The standard InChI is InChI=1S/C23H22N2O3S2/c1-3-28-19-11-9-18(10-12-19)24-21(26)15-25-22(27)20(30-23(25)29)14-16(2)13-17-7-5-4-6-8-17/h4-14H,3,15H2,1-2H3,(H,24,26). The molecule has 2 aromatic rings. The van der Waals surface area contributed by atoms with Gasteiger partial charge < -0.3 is 10.1 Å². The van der Waals surface area contributed by atoms with Gasteiger partial charge in [0.25, 0.3) is 5.91 Å². The predicted octanol–water partition coefficient (Wildman–Crippen LogP) is 4.87. The third-order valence-corrected chi connectivity index (χ3v) is 5.55. The molecule has 3 rings (SSSR count). The van der Waals surface area contributed by atoms with Crippen molar-refractivity contribution in [1.29, 1.82) is 0 Å². The minimum absolute atomic E-state index is 0.128. The average Bonchev–Trinajstić information content (AvgIpc) is 2.97. The summed E-state index contributed by atoms with van der Waals surface area (Å²) in [6.07, 6.45) is 3.79. The van der Waals surface area contributed by atoms with Gasteiger partial charge in [-0.2, -0.15) is 0 Å². The van der Waals surface area contributed by atoms with Crippen LogP contribution in [0.5, 0.6) is 5.75 Å². The second-order valence-electron chi connectivity index (χ2n) is 6.57. The van der Waals surface area contributed by atoms with Crippen LogP contribution in [0, 0.1) is 0 Å². The molecule has 0 atom stereocenters. The molecular weight excluding hydrogens is 416 g/mol. The van der Waals surface area contributed by atoms with Crippen molar-refractivity contribution in [2.45, 2.75) is 13.8 Å². The normalized spacial score (nSPS) is 15.6. The van der Waals surface area contributed by atoms with Gasteiger partial charge in [-0.25, -0.2) is 0 Å². The zero-order valence-corrected chi connectivity index (χ0v) is 18.4. The summed E-state index contributed by atoms with van der Waals surface area (Å²) in [4.78, 5) is 27.0. The lowest BCUT2D eigenvalue weighted by Crippen LogP contribution is -2.36. The van der Waals surface area contributed by atoms with Crippen LogP contribution in [0.3, 0.4) is 0 Å². The van der Waals surface area contributed by atoms with Crippen molar-refractivity contribution in [3.8, 4) is 5.75 Å². The van der Waals surface area contributed by atoms with Gasteiger partial charge in [-0.05, 0) is 55.3 Å². The molecule has 0 unspecified atom stereocenters. The molecule has 154 valence electrons. The number of carbonyl (C=O) groups is 2. The van der Waals surface area contributed by atoms with Gasteiger partial charge in [0.15, 0.2) is 0 Å². The van der Waals surface area contributed by atoms with Gasteiger partial charge in [-0.1, -0.05) is 60.4 Å². The Balaban J connectivity index is 1.63. The molecule has 0 spiro atoms. The van der Waals surface area contributed by atoms with Crippen molar-refractivity contribution >= 4 is 51.9 Å². The molecule has 2 aromatic carbocycles. The molecular formula is C23H22N2O3S2. The molecule has 0 saturated carbocycles. The Hall–Kier alpha value is -2.90. The van der Waals surface area contributed by atoms with E-state index in [4.69, 9.17) is 17.0 Å². The maximum Gasteiger partial charge on any atom is 0.266 e. The Morgan fingerprint density at radius 1 is 1.17 bits per heavy atom. The number of thiocarbonyl (C=S) groups is 1. The number of rotatable bonds is 7. The summed E-state index contributed by atoms with van der Waals surface area (Å²) in [7, 11) is 0. The lowest BCUT2D eigenvalue weighted by molar-refractivity contribution is -0.126. The van der Waals surface area contributed by atoms with E-state index in [-0.39, 0.29) is 18.4 Å². The number of nitrogens with zero attached hydrogens (tertiary/aromatic N) is 1. The monoisotopic (exact) mass is 438 g/mol. The van der Waals surface area contributed by atoms with Gasteiger partial charge in [-0.15, -0.1) is 0 Å². The number of hydrogen-bond acceptors (Lipinski definition) is 5. The minimum Gasteiger partial charge on any atom is -0.494 e. The summed E-state index contributed by atoms with van der Waals surface area (Å²) in [5, 5.41) is 2.78. The Morgan fingerprint density at radius 2 is 1.87 bits per heavy atom. The van der Waals surface area contributed by atoms with E-state index in [1.165, 1.54) is 16.7 Å². The zero-order chi connectivity index (χ0) is 21.5. The van der Waals surface area contributed by atoms with Gasteiger partial charge in [-0.3, -0.25) is 14.5 Å². The first-order chi connectivity index (χ1) is 14.5. The second kappa shape index (κ2) is 10.2. The lowest BCUT2D eigenvalue weighted by Gasteiger charge is -2.14. The SMILES string of the molecule is CCOc1ccc(NC(=O)CN2C(=O)C(=CC(C)=Cc3ccccc3)SC2=S)cc1. The first-order valence-corrected chi connectivity index (χ1v) is 10.7. The van der Waals surface area contributed by atoms with Crippen LogP contribution in [0.1, 0.15) is 19.4 Å². The molecule has 5 nitrogen and oxygen atoms in total. The highest BCUT2D eigenvalue weighted by atomic mass is 32.2. The molecule has 1 N–H and O–H groups in total. The summed E-state index contributed by atoms with van der Waals surface area (Å²) < 4.78 is 5.76. The van der Waals surface area contributed by atoms with E-state index in [1.54, 1.807) is 30.3 Å². The number of hydrogen-bond donors (Lipinski definition) is 1. The number of carbonyl (C=O) groups excluding carboxylic acids is 2. The van der Waals surface area contributed by atoms with E-state index < -0.39 is 0 Å². The number of anilines is 1. The fourth-order valence-electron chi connectivity index (χ4n) is 2.84. The van der Waals surface area contributed by atoms with Crippen molar-refractivity contribution in [1.82, 2.24) is 4.90 Å². The van der Waals surface area contributed by atoms with Crippen molar-refractivity contribution in [2.24, 2.45) is 0 Å². The van der Waals surface area contributed by atoms with Gasteiger partial charge in [0.1, 0.15) is 16.6 Å². The maximum atomic E-state index is 12.7. The molecule has 1 heterocycles. The smallest absolute Gasteiger partial charge is 0.266 e. The number of allylic oxidation sites excluding steroid dienone is 2. The van der Waals surface area contributed by atoms with Gasteiger partial charge in [0.2, 0.25) is 5.91 Å². The molecule has 1 fully saturated rings. The van der Waals surface area contributed by atoms with Crippen LogP contribution in [0.2, 0.25) is 0 Å². The van der Waals surface area contributed by atoms with Gasteiger partial charge >= 0.3 is 0 Å². The zero-order valence-electron chi connectivity index (χ0n) is 16.8. The lowest BCUT2D eigenvalue weighted by atomic mass is 10.1.